The Labute approximate surface area is 80.8 Å². The number of hydrogen-bond donors (Lipinski definition) is 1. The molecule has 1 aromatic rings. The van der Waals surface area contributed by atoms with Crippen molar-refractivity contribution < 1.29 is 25.8 Å². The van der Waals surface area contributed by atoms with Gasteiger partial charge in [0.2, 0.25) is 0 Å². The molecule has 0 unspecified atom stereocenters. The Morgan fingerprint density at radius 3 is 2.21 bits per heavy atom. The molecule has 0 bridgehead atoms. The number of carboxylic acids is 1. The largest absolute Gasteiger partial charge is 0.481 e. The fourth-order valence-electron chi connectivity index (χ4n) is 0.866. The van der Waals surface area contributed by atoms with Crippen LogP contribution in [0.25, 0.3) is 0 Å². The second kappa shape index (κ2) is 3.69. The number of carbonyl (C=O) groups is 1. The van der Waals surface area contributed by atoms with Crippen molar-refractivity contribution >= 4 is 5.97 Å². The summed E-state index contributed by atoms with van der Waals surface area (Å²) in [5.41, 5.74) is -1.27. The molecule has 0 aromatic heterocycles. The second-order valence-electron chi connectivity index (χ2n) is 2.51. The van der Waals surface area contributed by atoms with E-state index in [-0.39, 0.29) is 5.56 Å². The highest BCUT2D eigenvalue weighted by atomic mass is 19.4. The van der Waals surface area contributed by atoms with Gasteiger partial charge < -0.3 is 5.11 Å². The van der Waals surface area contributed by atoms with Crippen LogP contribution in [0.5, 0.6) is 0 Å². The molecule has 0 atom stereocenters. The monoisotopic (exact) mass is 206 g/mol. The molecule has 0 aliphatic rings. The van der Waals surface area contributed by atoms with Crippen molar-refractivity contribution in [2.45, 2.75) is 12.5 Å². The summed E-state index contributed by atoms with van der Waals surface area (Å²) in [6.45, 7) is 0. The van der Waals surface area contributed by atoms with E-state index < -0.39 is 24.1 Å². The van der Waals surface area contributed by atoms with Crippen molar-refractivity contribution in [2.24, 2.45) is 0 Å². The van der Waals surface area contributed by atoms with Crippen LogP contribution in [0, 0.1) is 0 Å². The van der Waals surface area contributed by atoms with E-state index in [0.29, 0.717) is 12.1 Å². The summed E-state index contributed by atoms with van der Waals surface area (Å²) in [5.74, 6) is -1.74. The molecule has 1 aromatic carbocycles. The molecule has 0 amide bonds. The van der Waals surface area contributed by atoms with Gasteiger partial charge in [-0.25, -0.2) is 0 Å². The van der Waals surface area contributed by atoms with Gasteiger partial charge in [0.1, 0.15) is 0 Å². The van der Waals surface area contributed by atoms with Gasteiger partial charge in [0.05, 0.1) is 11.9 Å². The van der Waals surface area contributed by atoms with E-state index in [1.54, 1.807) is 0 Å². The number of hydrogen-bond acceptors (Lipinski definition) is 1. The van der Waals surface area contributed by atoms with E-state index >= 15 is 0 Å². The zero-order valence-corrected chi connectivity index (χ0v) is 6.80. The average molecular weight is 206 g/mol. The topological polar surface area (TPSA) is 37.3 Å². The normalized spacial score (nSPS) is 14.5. The zero-order chi connectivity index (χ0) is 12.6. The summed E-state index contributed by atoms with van der Waals surface area (Å²) in [6, 6.07) is 2.93. The predicted octanol–water partition coefficient (Wildman–Crippen LogP) is 2.33. The second-order valence-corrected chi connectivity index (χ2v) is 2.51. The highest BCUT2D eigenvalue weighted by molar-refractivity contribution is 5.70. The number of alkyl halides is 3. The van der Waals surface area contributed by atoms with E-state index in [1.165, 1.54) is 0 Å². The Morgan fingerprint density at radius 2 is 1.86 bits per heavy atom. The summed E-state index contributed by atoms with van der Waals surface area (Å²) >= 11 is 0. The van der Waals surface area contributed by atoms with Gasteiger partial charge in [-0.2, -0.15) is 13.2 Å². The van der Waals surface area contributed by atoms with Gasteiger partial charge in [0.15, 0.2) is 0 Å². The number of benzene rings is 1. The van der Waals surface area contributed by atoms with Gasteiger partial charge >= 0.3 is 12.1 Å². The molecule has 76 valence electrons. The van der Waals surface area contributed by atoms with Crippen molar-refractivity contribution in [1.82, 2.24) is 0 Å². The van der Waals surface area contributed by atoms with Crippen LogP contribution in [0.15, 0.2) is 24.3 Å². The molecule has 2 nitrogen and oxygen atoms in total. The SMILES string of the molecule is [2H]C([2H])(C(=O)O)c1ccc(C(F)(F)F)cc1. The molecule has 0 saturated carbocycles. The lowest BCUT2D eigenvalue weighted by atomic mass is 10.1. The summed E-state index contributed by atoms with van der Waals surface area (Å²) < 4.78 is 50.8. The van der Waals surface area contributed by atoms with E-state index in [1.807, 2.05) is 0 Å². The van der Waals surface area contributed by atoms with Crippen molar-refractivity contribution in [1.29, 1.82) is 0 Å². The van der Waals surface area contributed by atoms with Crippen molar-refractivity contribution in [2.75, 3.05) is 0 Å². The number of halogens is 3. The molecule has 14 heavy (non-hydrogen) atoms. The maximum Gasteiger partial charge on any atom is 0.416 e. The third-order valence-corrected chi connectivity index (χ3v) is 1.46. The van der Waals surface area contributed by atoms with E-state index in [0.717, 1.165) is 12.1 Å². The Hall–Kier alpha value is -1.52. The highest BCUT2D eigenvalue weighted by Crippen LogP contribution is 2.29. The van der Waals surface area contributed by atoms with Crippen LogP contribution >= 0.6 is 0 Å². The molecule has 1 rings (SSSR count). The Balaban J connectivity index is 3.09. The molecule has 0 heterocycles. The van der Waals surface area contributed by atoms with Crippen molar-refractivity contribution in [3.05, 3.63) is 35.4 Å². The van der Waals surface area contributed by atoms with Crippen LogP contribution in [-0.2, 0) is 17.3 Å². The Kier molecular flexibility index (Phi) is 2.07. The van der Waals surface area contributed by atoms with Crippen LogP contribution in [0.1, 0.15) is 13.9 Å². The molecule has 0 saturated heterocycles. The first-order valence-corrected chi connectivity index (χ1v) is 3.57. The van der Waals surface area contributed by atoms with Crippen LogP contribution < -0.4 is 0 Å². The maximum absolute atomic E-state index is 12.2. The van der Waals surface area contributed by atoms with Gasteiger partial charge in [0, 0.05) is 2.74 Å². The third-order valence-electron chi connectivity index (χ3n) is 1.46. The number of rotatable bonds is 2. The standard InChI is InChI=1S/C9H7F3O2/c10-9(11,12)7-3-1-6(2-4-7)5-8(13)14/h1-4H,5H2,(H,13,14)/i5D2. The van der Waals surface area contributed by atoms with Gasteiger partial charge in [-0.05, 0) is 17.7 Å². The van der Waals surface area contributed by atoms with Crippen LogP contribution in [0.3, 0.4) is 0 Å². The first kappa shape index (κ1) is 7.84. The van der Waals surface area contributed by atoms with E-state index in [9.17, 15) is 18.0 Å². The fourth-order valence-corrected chi connectivity index (χ4v) is 0.866. The first-order chi connectivity index (χ1) is 7.15. The molecule has 0 aliphatic heterocycles. The smallest absolute Gasteiger partial charge is 0.416 e. The van der Waals surface area contributed by atoms with Gasteiger partial charge in [-0.1, -0.05) is 12.1 Å². The maximum atomic E-state index is 12.2. The summed E-state index contributed by atoms with van der Waals surface area (Å²) in [5, 5.41) is 8.53. The molecular formula is C9H7F3O2. The van der Waals surface area contributed by atoms with Crippen LogP contribution in [0.4, 0.5) is 13.2 Å². The minimum absolute atomic E-state index is 0.326. The van der Waals surface area contributed by atoms with Crippen molar-refractivity contribution in [3.8, 4) is 0 Å². The predicted molar refractivity (Wildman–Crippen MR) is 42.8 cm³/mol. The number of carboxylic acid groups (broad SMARTS) is 1. The highest BCUT2D eigenvalue weighted by Gasteiger charge is 2.29. The summed E-state index contributed by atoms with van der Waals surface area (Å²) in [4.78, 5) is 10.5. The molecular weight excluding hydrogens is 197 g/mol. The zero-order valence-electron chi connectivity index (χ0n) is 8.80. The van der Waals surface area contributed by atoms with Gasteiger partial charge in [-0.3, -0.25) is 4.79 Å². The third kappa shape index (κ3) is 2.76. The lowest BCUT2D eigenvalue weighted by Gasteiger charge is -2.06. The van der Waals surface area contributed by atoms with Crippen LogP contribution in [0.2, 0.25) is 0 Å². The molecule has 5 heteroatoms. The summed E-state index contributed by atoms with van der Waals surface area (Å²) in [6.07, 6.45) is -7.21. The molecule has 0 spiro atoms. The lowest BCUT2D eigenvalue weighted by Crippen LogP contribution is -2.05. The minimum atomic E-state index is -4.52. The molecule has 0 radical (unpaired) electrons. The molecule has 0 aliphatic carbocycles. The van der Waals surface area contributed by atoms with Crippen LogP contribution in [-0.4, -0.2) is 11.1 Å². The average Bonchev–Trinajstić information content (AvgIpc) is 2.16. The minimum Gasteiger partial charge on any atom is -0.481 e. The van der Waals surface area contributed by atoms with E-state index in [2.05, 4.69) is 0 Å². The fraction of sp³-hybridized carbons (Fsp3) is 0.222. The summed E-state index contributed by atoms with van der Waals surface area (Å²) in [7, 11) is 0. The Morgan fingerprint density at radius 1 is 1.36 bits per heavy atom. The van der Waals surface area contributed by atoms with Gasteiger partial charge in [0.25, 0.3) is 0 Å². The Bertz CT molecular complexity index is 398. The quantitative estimate of drug-likeness (QED) is 0.806. The number of aliphatic carboxylic acids is 1. The molecule has 1 N–H and O–H groups in total. The lowest BCUT2D eigenvalue weighted by molar-refractivity contribution is -0.137. The first-order valence-electron chi connectivity index (χ1n) is 4.57. The van der Waals surface area contributed by atoms with Gasteiger partial charge in [-0.15, -0.1) is 0 Å². The van der Waals surface area contributed by atoms with E-state index in [4.69, 9.17) is 7.85 Å². The van der Waals surface area contributed by atoms with Crippen molar-refractivity contribution in [3.63, 3.8) is 0 Å². The molecule has 0 fully saturated rings.